The van der Waals surface area contributed by atoms with Gasteiger partial charge in [-0.3, -0.25) is 5.01 Å². The highest BCUT2D eigenvalue weighted by Crippen LogP contribution is 2.27. The summed E-state index contributed by atoms with van der Waals surface area (Å²) in [7, 11) is 0. The van der Waals surface area contributed by atoms with Crippen LogP contribution in [0.5, 0.6) is 0 Å². The van der Waals surface area contributed by atoms with E-state index in [0.29, 0.717) is 0 Å². The lowest BCUT2D eigenvalue weighted by Crippen LogP contribution is -2.30. The van der Waals surface area contributed by atoms with E-state index in [-0.39, 0.29) is 30.9 Å². The first-order valence-electron chi connectivity index (χ1n) is 3.86. The van der Waals surface area contributed by atoms with Gasteiger partial charge >= 0.3 is 0 Å². The van der Waals surface area contributed by atoms with Gasteiger partial charge < -0.3 is 5.73 Å². The van der Waals surface area contributed by atoms with Gasteiger partial charge in [-0.15, -0.1) is 24.8 Å². The molecule has 2 rings (SSSR count). The Hall–Kier alpha value is -0.740. The van der Waals surface area contributed by atoms with Crippen molar-refractivity contribution in [3.63, 3.8) is 0 Å². The maximum atomic E-state index is 5.84. The fourth-order valence-electron chi connectivity index (χ4n) is 1.37. The van der Waals surface area contributed by atoms with Crippen LogP contribution in [0.1, 0.15) is 11.6 Å². The van der Waals surface area contributed by atoms with Crippen LogP contribution in [0.3, 0.4) is 0 Å². The average molecular weight is 234 g/mol. The van der Waals surface area contributed by atoms with Crippen LogP contribution in [0, 0.1) is 0 Å². The number of rotatable bonds is 0. The molecule has 1 aliphatic heterocycles. The number of hydrogen-bond acceptors (Lipinski definition) is 3. The number of nitrogens with two attached hydrogens (primary N) is 2. The second-order valence-electron chi connectivity index (χ2n) is 2.83. The minimum Gasteiger partial charge on any atom is -0.321 e. The van der Waals surface area contributed by atoms with Crippen molar-refractivity contribution in [2.75, 3.05) is 5.01 Å². The smallest absolute Gasteiger partial charge is 0.0619 e. The third kappa shape index (κ3) is 2.19. The number of nitrogens with zero attached hydrogens (tertiary/aromatic N) is 1. The molecule has 1 aliphatic rings. The Morgan fingerprint density at radius 2 is 1.79 bits per heavy atom. The second kappa shape index (κ2) is 5.22. The first-order chi connectivity index (χ1) is 5.79. The Labute approximate surface area is 95.5 Å². The normalized spacial score (nSPS) is 17.9. The molecule has 78 valence electrons. The van der Waals surface area contributed by atoms with Gasteiger partial charge in [0.15, 0.2) is 0 Å². The molecular weight excluding hydrogens is 221 g/mol. The fraction of sp³-hybridized carbons (Fsp3) is 0.111. The number of anilines is 1. The zero-order valence-electron chi connectivity index (χ0n) is 7.46. The van der Waals surface area contributed by atoms with Gasteiger partial charge in [-0.05, 0) is 17.7 Å². The lowest BCUT2D eigenvalue weighted by atomic mass is 10.0. The number of para-hydroxylation sites is 1. The molecule has 1 unspecified atom stereocenters. The molecule has 0 fully saturated rings. The Bertz CT molecular complexity index is 297. The van der Waals surface area contributed by atoms with Crippen LogP contribution in [0.25, 0.3) is 0 Å². The Kier molecular flexibility index (Phi) is 4.94. The summed E-state index contributed by atoms with van der Waals surface area (Å²) in [4.78, 5) is 0. The van der Waals surface area contributed by atoms with E-state index in [9.17, 15) is 0 Å². The Balaban J connectivity index is 0.000000845. The minimum atomic E-state index is -0.0269. The number of hydrazine groups is 1. The van der Waals surface area contributed by atoms with Gasteiger partial charge in [0.2, 0.25) is 0 Å². The van der Waals surface area contributed by atoms with Crippen molar-refractivity contribution in [3.05, 3.63) is 42.1 Å². The first kappa shape index (κ1) is 13.3. The summed E-state index contributed by atoms with van der Waals surface area (Å²) in [5.41, 5.74) is 7.89. The van der Waals surface area contributed by atoms with E-state index in [0.717, 1.165) is 11.3 Å². The number of fused-ring (bicyclic) bond motifs is 1. The third-order valence-corrected chi connectivity index (χ3v) is 2.03. The van der Waals surface area contributed by atoms with Crippen molar-refractivity contribution in [3.8, 4) is 0 Å². The van der Waals surface area contributed by atoms with Gasteiger partial charge in [0.1, 0.15) is 0 Å². The largest absolute Gasteiger partial charge is 0.321 e. The van der Waals surface area contributed by atoms with E-state index < -0.39 is 0 Å². The predicted octanol–water partition coefficient (Wildman–Crippen LogP) is 1.74. The van der Waals surface area contributed by atoms with E-state index in [1.807, 2.05) is 30.3 Å². The highest BCUT2D eigenvalue weighted by Gasteiger charge is 2.14. The number of hydrogen-bond donors (Lipinski definition) is 2. The molecule has 3 nitrogen and oxygen atoms in total. The highest BCUT2D eigenvalue weighted by atomic mass is 35.5. The summed E-state index contributed by atoms with van der Waals surface area (Å²) < 4.78 is 0. The van der Waals surface area contributed by atoms with Crippen LogP contribution in [0.2, 0.25) is 0 Å². The lowest BCUT2D eigenvalue weighted by Gasteiger charge is -2.24. The van der Waals surface area contributed by atoms with Crippen molar-refractivity contribution >= 4 is 30.5 Å². The molecule has 0 saturated heterocycles. The molecule has 4 N–H and O–H groups in total. The lowest BCUT2D eigenvalue weighted by molar-refractivity contribution is 0.860. The molecule has 0 bridgehead atoms. The molecule has 0 aliphatic carbocycles. The minimum absolute atomic E-state index is 0. The topological polar surface area (TPSA) is 55.3 Å². The molecule has 1 atom stereocenters. The van der Waals surface area contributed by atoms with Crippen LogP contribution in [0.4, 0.5) is 5.69 Å². The summed E-state index contributed by atoms with van der Waals surface area (Å²) in [5, 5.41) is 1.58. The Morgan fingerprint density at radius 3 is 2.43 bits per heavy atom. The zero-order chi connectivity index (χ0) is 8.55. The van der Waals surface area contributed by atoms with Gasteiger partial charge in [0, 0.05) is 6.20 Å². The molecule has 1 aromatic carbocycles. The van der Waals surface area contributed by atoms with Gasteiger partial charge in [-0.2, -0.15) is 0 Å². The van der Waals surface area contributed by atoms with E-state index in [1.165, 1.54) is 0 Å². The van der Waals surface area contributed by atoms with Crippen LogP contribution >= 0.6 is 24.8 Å². The number of benzene rings is 1. The summed E-state index contributed by atoms with van der Waals surface area (Å²) >= 11 is 0. The molecule has 14 heavy (non-hydrogen) atoms. The predicted molar refractivity (Wildman–Crippen MR) is 63.7 cm³/mol. The SMILES string of the molecule is Cl.Cl.NC1C=CN(N)c2ccccc21. The standard InChI is InChI=1S/C9H11N3.2ClH/c10-8-5-6-12(11)9-4-2-1-3-7(8)9;;/h1-6,8H,10-11H2;2*1H. The summed E-state index contributed by atoms with van der Waals surface area (Å²) in [6, 6.07) is 7.83. The van der Waals surface area contributed by atoms with Crippen LogP contribution in [-0.4, -0.2) is 0 Å². The maximum Gasteiger partial charge on any atom is 0.0619 e. The summed E-state index contributed by atoms with van der Waals surface area (Å²) in [6.45, 7) is 0. The third-order valence-electron chi connectivity index (χ3n) is 2.03. The maximum absolute atomic E-state index is 5.84. The molecular formula is C9H13Cl2N3. The van der Waals surface area contributed by atoms with Gasteiger partial charge in [0.05, 0.1) is 11.7 Å². The molecule has 0 radical (unpaired) electrons. The fourth-order valence-corrected chi connectivity index (χ4v) is 1.37. The zero-order valence-corrected chi connectivity index (χ0v) is 9.09. The van der Waals surface area contributed by atoms with E-state index in [1.54, 1.807) is 11.2 Å². The van der Waals surface area contributed by atoms with Crippen molar-refractivity contribution in [2.45, 2.75) is 6.04 Å². The van der Waals surface area contributed by atoms with Crippen molar-refractivity contribution in [1.29, 1.82) is 0 Å². The van der Waals surface area contributed by atoms with Crippen molar-refractivity contribution < 1.29 is 0 Å². The second-order valence-corrected chi connectivity index (χ2v) is 2.83. The molecule has 5 heteroatoms. The van der Waals surface area contributed by atoms with Crippen LogP contribution in [0.15, 0.2) is 36.5 Å². The molecule has 0 amide bonds. The van der Waals surface area contributed by atoms with Gasteiger partial charge in [-0.1, -0.05) is 18.2 Å². The van der Waals surface area contributed by atoms with Crippen LogP contribution in [-0.2, 0) is 0 Å². The van der Waals surface area contributed by atoms with Crippen LogP contribution < -0.4 is 16.6 Å². The summed E-state index contributed by atoms with van der Waals surface area (Å²) in [5.74, 6) is 5.70. The quantitative estimate of drug-likeness (QED) is 0.672. The van der Waals surface area contributed by atoms with E-state index in [2.05, 4.69) is 0 Å². The van der Waals surface area contributed by atoms with Crippen molar-refractivity contribution in [1.82, 2.24) is 0 Å². The van der Waals surface area contributed by atoms with Crippen molar-refractivity contribution in [2.24, 2.45) is 11.6 Å². The summed E-state index contributed by atoms with van der Waals surface area (Å²) in [6.07, 6.45) is 3.66. The molecule has 0 saturated carbocycles. The van der Waals surface area contributed by atoms with E-state index in [4.69, 9.17) is 11.6 Å². The Morgan fingerprint density at radius 1 is 1.14 bits per heavy atom. The monoisotopic (exact) mass is 233 g/mol. The molecule has 1 aromatic rings. The molecule has 1 heterocycles. The average Bonchev–Trinajstić information content (AvgIpc) is 2.12. The van der Waals surface area contributed by atoms with Gasteiger partial charge in [0.25, 0.3) is 0 Å². The van der Waals surface area contributed by atoms with Gasteiger partial charge in [-0.25, -0.2) is 5.84 Å². The molecule has 0 aromatic heterocycles. The number of halogens is 2. The highest BCUT2D eigenvalue weighted by molar-refractivity contribution is 5.85. The molecule has 0 spiro atoms. The van der Waals surface area contributed by atoms with E-state index >= 15 is 0 Å². The first-order valence-corrected chi connectivity index (χ1v) is 3.86.